The molecular formula is C28H34N2O4S. The topological polar surface area (TPSA) is 75.7 Å². The van der Waals surface area contributed by atoms with Crippen LogP contribution in [0.25, 0.3) is 0 Å². The molecule has 3 aromatic rings. The molecule has 1 N–H and O–H groups in total. The van der Waals surface area contributed by atoms with Crippen LogP contribution in [0, 0.1) is 6.92 Å². The highest BCUT2D eigenvalue weighted by atomic mass is 32.2. The number of amides is 1. The molecule has 3 aromatic carbocycles. The Kier molecular flexibility index (Phi) is 9.46. The molecule has 1 atom stereocenters. The SMILES string of the molecule is CCOc1ccc(S(=O)(=O)N(CC(=O)N[C@@H](C)CCc2ccccc2)Cc2ccccc2)cc1C. The normalized spacial score (nSPS) is 12.3. The largest absolute Gasteiger partial charge is 0.494 e. The first-order valence-electron chi connectivity index (χ1n) is 11.9. The van der Waals surface area contributed by atoms with Gasteiger partial charge < -0.3 is 10.1 Å². The summed E-state index contributed by atoms with van der Waals surface area (Å²) in [4.78, 5) is 13.1. The summed E-state index contributed by atoms with van der Waals surface area (Å²) in [6.07, 6.45) is 1.60. The molecule has 0 saturated carbocycles. The maximum atomic E-state index is 13.6. The van der Waals surface area contributed by atoms with Gasteiger partial charge in [0.05, 0.1) is 18.0 Å². The molecule has 3 rings (SSSR count). The zero-order valence-corrected chi connectivity index (χ0v) is 21.4. The highest BCUT2D eigenvalue weighted by Gasteiger charge is 2.28. The third-order valence-electron chi connectivity index (χ3n) is 5.72. The summed E-state index contributed by atoms with van der Waals surface area (Å²) in [5, 5.41) is 2.96. The van der Waals surface area contributed by atoms with Gasteiger partial charge >= 0.3 is 0 Å². The highest BCUT2D eigenvalue weighted by Crippen LogP contribution is 2.25. The van der Waals surface area contributed by atoms with Crippen molar-refractivity contribution in [2.45, 2.75) is 51.1 Å². The van der Waals surface area contributed by atoms with Gasteiger partial charge in [0.25, 0.3) is 0 Å². The minimum Gasteiger partial charge on any atom is -0.494 e. The fraction of sp³-hybridized carbons (Fsp3) is 0.321. The van der Waals surface area contributed by atoms with E-state index in [-0.39, 0.29) is 29.9 Å². The van der Waals surface area contributed by atoms with Crippen molar-refractivity contribution in [1.29, 1.82) is 0 Å². The van der Waals surface area contributed by atoms with Gasteiger partial charge in [-0.3, -0.25) is 4.79 Å². The fourth-order valence-electron chi connectivity index (χ4n) is 3.84. The number of ether oxygens (including phenoxy) is 1. The Hall–Kier alpha value is -3.16. The van der Waals surface area contributed by atoms with E-state index in [9.17, 15) is 13.2 Å². The molecule has 0 aliphatic heterocycles. The van der Waals surface area contributed by atoms with Gasteiger partial charge in [0, 0.05) is 12.6 Å². The van der Waals surface area contributed by atoms with Crippen molar-refractivity contribution in [3.8, 4) is 5.75 Å². The molecule has 0 bridgehead atoms. The number of benzene rings is 3. The van der Waals surface area contributed by atoms with Crippen molar-refractivity contribution in [2.24, 2.45) is 0 Å². The number of nitrogens with zero attached hydrogens (tertiary/aromatic N) is 1. The Morgan fingerprint density at radius 3 is 2.20 bits per heavy atom. The minimum absolute atomic E-state index is 0.0864. The number of carbonyl (C=O) groups is 1. The van der Waals surface area contributed by atoms with E-state index in [4.69, 9.17) is 4.74 Å². The van der Waals surface area contributed by atoms with Gasteiger partial charge in [-0.05, 0) is 68.5 Å². The van der Waals surface area contributed by atoms with Crippen LogP contribution in [0.15, 0.2) is 83.8 Å². The lowest BCUT2D eigenvalue weighted by molar-refractivity contribution is -0.122. The average Bonchev–Trinajstić information content (AvgIpc) is 2.85. The van der Waals surface area contributed by atoms with Crippen molar-refractivity contribution in [2.75, 3.05) is 13.2 Å². The summed E-state index contributed by atoms with van der Waals surface area (Å²) in [5.41, 5.74) is 2.74. The zero-order valence-electron chi connectivity index (χ0n) is 20.6. The van der Waals surface area contributed by atoms with E-state index >= 15 is 0 Å². The molecule has 0 radical (unpaired) electrons. The van der Waals surface area contributed by atoms with Gasteiger partial charge in [-0.2, -0.15) is 4.31 Å². The van der Waals surface area contributed by atoms with Gasteiger partial charge in [0.15, 0.2) is 0 Å². The number of nitrogens with one attached hydrogen (secondary N) is 1. The van der Waals surface area contributed by atoms with E-state index in [1.54, 1.807) is 12.1 Å². The molecule has 0 spiro atoms. The first-order chi connectivity index (χ1) is 16.8. The number of sulfonamides is 1. The lowest BCUT2D eigenvalue weighted by atomic mass is 10.1. The Balaban J connectivity index is 1.75. The van der Waals surface area contributed by atoms with Crippen LogP contribution in [-0.2, 0) is 27.8 Å². The molecule has 6 nitrogen and oxygen atoms in total. The van der Waals surface area contributed by atoms with Gasteiger partial charge in [-0.1, -0.05) is 60.7 Å². The summed E-state index contributed by atoms with van der Waals surface area (Å²) >= 11 is 0. The second kappa shape index (κ2) is 12.5. The molecule has 186 valence electrons. The van der Waals surface area contributed by atoms with Crippen LogP contribution in [0.2, 0.25) is 0 Å². The van der Waals surface area contributed by atoms with Crippen molar-refractivity contribution in [1.82, 2.24) is 9.62 Å². The maximum absolute atomic E-state index is 13.6. The first kappa shape index (κ1) is 26.4. The Bertz CT molecular complexity index is 1200. The van der Waals surface area contributed by atoms with Crippen LogP contribution in [0.5, 0.6) is 5.75 Å². The van der Waals surface area contributed by atoms with Gasteiger partial charge in [0.1, 0.15) is 5.75 Å². The first-order valence-corrected chi connectivity index (χ1v) is 13.3. The monoisotopic (exact) mass is 494 g/mol. The minimum atomic E-state index is -3.92. The molecule has 0 aliphatic carbocycles. The van der Waals surface area contributed by atoms with Crippen LogP contribution in [0.4, 0.5) is 0 Å². The van der Waals surface area contributed by atoms with Crippen LogP contribution in [0.1, 0.15) is 37.0 Å². The Morgan fingerprint density at radius 2 is 1.60 bits per heavy atom. The highest BCUT2D eigenvalue weighted by molar-refractivity contribution is 7.89. The van der Waals surface area contributed by atoms with E-state index in [1.807, 2.05) is 69.3 Å². The van der Waals surface area contributed by atoms with Crippen LogP contribution in [0.3, 0.4) is 0 Å². The number of hydrogen-bond donors (Lipinski definition) is 1. The van der Waals surface area contributed by atoms with E-state index < -0.39 is 10.0 Å². The second-order valence-electron chi connectivity index (χ2n) is 8.61. The van der Waals surface area contributed by atoms with E-state index in [0.717, 1.165) is 24.0 Å². The smallest absolute Gasteiger partial charge is 0.243 e. The standard InChI is InChI=1S/C28H34N2O4S/c1-4-34-27-18-17-26(19-22(27)2)35(32,33)30(20-25-13-9-6-10-14-25)21-28(31)29-23(3)15-16-24-11-7-5-8-12-24/h5-14,17-19,23H,4,15-16,20-21H2,1-3H3,(H,29,31)/t23-/m0/s1. The summed E-state index contributed by atoms with van der Waals surface area (Å²) in [7, 11) is -3.92. The molecule has 0 aromatic heterocycles. The van der Waals surface area contributed by atoms with Gasteiger partial charge in [0.2, 0.25) is 15.9 Å². The molecule has 0 unspecified atom stereocenters. The van der Waals surface area contributed by atoms with Crippen LogP contribution >= 0.6 is 0 Å². The summed E-state index contributed by atoms with van der Waals surface area (Å²) < 4.78 is 34.0. The van der Waals surface area contributed by atoms with Crippen molar-refractivity contribution < 1.29 is 17.9 Å². The van der Waals surface area contributed by atoms with E-state index in [2.05, 4.69) is 17.4 Å². The molecule has 35 heavy (non-hydrogen) atoms. The van der Waals surface area contributed by atoms with Crippen molar-refractivity contribution in [3.63, 3.8) is 0 Å². The predicted molar refractivity (Wildman–Crippen MR) is 139 cm³/mol. The molecule has 7 heteroatoms. The molecule has 0 saturated heterocycles. The quantitative estimate of drug-likeness (QED) is 0.395. The molecule has 1 amide bonds. The fourth-order valence-corrected chi connectivity index (χ4v) is 5.31. The predicted octanol–water partition coefficient (Wildman–Crippen LogP) is 4.72. The van der Waals surface area contributed by atoms with Crippen molar-refractivity contribution >= 4 is 15.9 Å². The number of hydrogen-bond acceptors (Lipinski definition) is 4. The summed E-state index contributed by atoms with van der Waals surface area (Å²) in [6.45, 7) is 5.96. The second-order valence-corrected chi connectivity index (χ2v) is 10.5. The Labute approximate surface area is 209 Å². The Morgan fingerprint density at radius 1 is 0.971 bits per heavy atom. The van der Waals surface area contributed by atoms with Gasteiger partial charge in [-0.15, -0.1) is 0 Å². The third kappa shape index (κ3) is 7.67. The lowest BCUT2D eigenvalue weighted by Crippen LogP contribution is -2.43. The van der Waals surface area contributed by atoms with Crippen LogP contribution in [-0.4, -0.2) is 37.8 Å². The molecule has 0 aliphatic rings. The molecular weight excluding hydrogens is 460 g/mol. The third-order valence-corrected chi connectivity index (χ3v) is 7.51. The maximum Gasteiger partial charge on any atom is 0.243 e. The lowest BCUT2D eigenvalue weighted by Gasteiger charge is -2.23. The number of carbonyl (C=O) groups excluding carboxylic acids is 1. The van der Waals surface area contributed by atoms with E-state index in [1.165, 1.54) is 15.9 Å². The van der Waals surface area contributed by atoms with E-state index in [0.29, 0.717) is 12.4 Å². The van der Waals surface area contributed by atoms with Gasteiger partial charge in [-0.25, -0.2) is 8.42 Å². The molecule has 0 heterocycles. The zero-order chi connectivity index (χ0) is 25.3. The van der Waals surface area contributed by atoms with Crippen molar-refractivity contribution in [3.05, 3.63) is 95.6 Å². The van der Waals surface area contributed by atoms with Crippen LogP contribution < -0.4 is 10.1 Å². The number of rotatable bonds is 12. The summed E-state index contributed by atoms with van der Waals surface area (Å²) in [5.74, 6) is 0.318. The number of aryl methyl sites for hydroxylation is 2. The summed E-state index contributed by atoms with van der Waals surface area (Å²) in [6, 6.07) is 24.1. The average molecular weight is 495 g/mol. The molecule has 0 fully saturated rings.